The van der Waals surface area contributed by atoms with Gasteiger partial charge in [-0.1, -0.05) is 48.5 Å². The molecule has 0 aromatic heterocycles. The van der Waals surface area contributed by atoms with E-state index in [1.54, 1.807) is 24.3 Å². The fourth-order valence-electron chi connectivity index (χ4n) is 2.60. The molecule has 0 spiro atoms. The van der Waals surface area contributed by atoms with E-state index in [0.717, 1.165) is 5.56 Å². The summed E-state index contributed by atoms with van der Waals surface area (Å²) < 4.78 is 0. The van der Waals surface area contributed by atoms with Crippen LogP contribution in [-0.2, 0) is 11.3 Å². The molecular formula is C21H25ClN4O2. The quantitative estimate of drug-likeness (QED) is 0.214. The molecule has 4 N–H and O–H groups in total. The number of carbonyl (C=O) groups excluding carboxylic acids is 2. The first-order valence-electron chi connectivity index (χ1n) is 9.15. The van der Waals surface area contributed by atoms with Crippen LogP contribution in [0.4, 0.5) is 0 Å². The summed E-state index contributed by atoms with van der Waals surface area (Å²) in [6.07, 6.45) is 1.06. The Labute approximate surface area is 170 Å². The summed E-state index contributed by atoms with van der Waals surface area (Å²) in [5.41, 5.74) is 1.49. The number of alkyl halides is 1. The zero-order valence-electron chi connectivity index (χ0n) is 15.6. The molecule has 0 aliphatic rings. The van der Waals surface area contributed by atoms with Gasteiger partial charge in [0.05, 0.1) is 5.88 Å². The Morgan fingerprint density at radius 2 is 1.61 bits per heavy atom. The van der Waals surface area contributed by atoms with Gasteiger partial charge in [0.2, 0.25) is 5.91 Å². The van der Waals surface area contributed by atoms with Crippen molar-refractivity contribution in [2.75, 3.05) is 12.4 Å². The number of nitrogens with one attached hydrogen (secondary N) is 4. The molecule has 6 nitrogen and oxygen atoms in total. The normalized spacial score (nSPS) is 11.3. The molecule has 0 heterocycles. The molecule has 2 amide bonds. The van der Waals surface area contributed by atoms with Crippen molar-refractivity contribution in [1.82, 2.24) is 16.0 Å². The summed E-state index contributed by atoms with van der Waals surface area (Å²) in [6, 6.07) is 17.7. The van der Waals surface area contributed by atoms with Gasteiger partial charge in [0.1, 0.15) is 11.9 Å². The number of rotatable bonds is 10. The Morgan fingerprint density at radius 1 is 0.964 bits per heavy atom. The van der Waals surface area contributed by atoms with E-state index in [9.17, 15) is 9.59 Å². The summed E-state index contributed by atoms with van der Waals surface area (Å²) in [6.45, 7) is 0.905. The molecule has 0 saturated heterocycles. The van der Waals surface area contributed by atoms with E-state index in [1.807, 2.05) is 36.4 Å². The van der Waals surface area contributed by atoms with E-state index in [4.69, 9.17) is 17.0 Å². The van der Waals surface area contributed by atoms with Gasteiger partial charge in [0.15, 0.2) is 0 Å². The van der Waals surface area contributed by atoms with E-state index in [-0.39, 0.29) is 23.5 Å². The summed E-state index contributed by atoms with van der Waals surface area (Å²) in [5.74, 6) is -0.173. The first-order valence-corrected chi connectivity index (χ1v) is 9.68. The second-order valence-corrected chi connectivity index (χ2v) is 6.54. The molecule has 0 aliphatic carbocycles. The minimum Gasteiger partial charge on any atom is -0.373 e. The lowest BCUT2D eigenvalue weighted by molar-refractivity contribution is -0.123. The molecule has 148 valence electrons. The molecule has 0 radical (unpaired) electrons. The van der Waals surface area contributed by atoms with Gasteiger partial charge in [-0.05, 0) is 30.5 Å². The Hall–Kier alpha value is -2.86. The van der Waals surface area contributed by atoms with Gasteiger partial charge < -0.3 is 16.0 Å². The minimum absolute atomic E-state index is 0.117. The Balaban J connectivity index is 1.94. The van der Waals surface area contributed by atoms with Crippen molar-refractivity contribution in [2.45, 2.75) is 25.4 Å². The lowest BCUT2D eigenvalue weighted by Crippen LogP contribution is -2.46. The van der Waals surface area contributed by atoms with E-state index in [2.05, 4.69) is 16.0 Å². The predicted octanol–water partition coefficient (Wildman–Crippen LogP) is 2.69. The topological polar surface area (TPSA) is 94.1 Å². The summed E-state index contributed by atoms with van der Waals surface area (Å²) in [5, 5.41) is 16.1. The standard InChI is InChI=1S/C21H25ClN4O2/c22-14-19(23)24-13-7-12-18(26-20(27)17-10-5-2-6-11-17)21(28)25-15-16-8-3-1-4-9-16/h1-6,8-11,18H,7,12-15H2,(H2,23,24)(H,25,28)(H,26,27)/t18-/m0/s1. The number of halogens is 1. The molecule has 2 rings (SSSR count). The molecule has 0 fully saturated rings. The van der Waals surface area contributed by atoms with Crippen molar-refractivity contribution in [3.63, 3.8) is 0 Å². The van der Waals surface area contributed by atoms with Crippen LogP contribution in [0.25, 0.3) is 0 Å². The van der Waals surface area contributed by atoms with Gasteiger partial charge in [0, 0.05) is 18.7 Å². The molecule has 28 heavy (non-hydrogen) atoms. The maximum atomic E-state index is 12.7. The molecule has 0 saturated carbocycles. The van der Waals surface area contributed by atoms with E-state index in [0.29, 0.717) is 31.5 Å². The Bertz CT molecular complexity index is 768. The first-order chi connectivity index (χ1) is 13.6. The summed E-state index contributed by atoms with van der Waals surface area (Å²) in [4.78, 5) is 25.1. The van der Waals surface area contributed by atoms with Gasteiger partial charge in [-0.25, -0.2) is 0 Å². The lowest BCUT2D eigenvalue weighted by Gasteiger charge is -2.19. The highest BCUT2D eigenvalue weighted by Crippen LogP contribution is 2.04. The highest BCUT2D eigenvalue weighted by Gasteiger charge is 2.21. The van der Waals surface area contributed by atoms with Crippen molar-refractivity contribution in [1.29, 1.82) is 5.41 Å². The van der Waals surface area contributed by atoms with Gasteiger partial charge in [-0.15, -0.1) is 11.6 Å². The van der Waals surface area contributed by atoms with Crippen molar-refractivity contribution < 1.29 is 9.59 Å². The van der Waals surface area contributed by atoms with E-state index >= 15 is 0 Å². The smallest absolute Gasteiger partial charge is 0.251 e. The summed E-state index contributed by atoms with van der Waals surface area (Å²) in [7, 11) is 0. The fraction of sp³-hybridized carbons (Fsp3) is 0.286. The van der Waals surface area contributed by atoms with Crippen LogP contribution in [0.3, 0.4) is 0 Å². The highest BCUT2D eigenvalue weighted by molar-refractivity contribution is 6.27. The minimum atomic E-state index is -0.664. The summed E-state index contributed by atoms with van der Waals surface area (Å²) >= 11 is 5.57. The average molecular weight is 401 g/mol. The van der Waals surface area contributed by atoms with Gasteiger partial charge in [-0.3, -0.25) is 15.0 Å². The second kappa shape index (κ2) is 11.8. The molecule has 0 unspecified atom stereocenters. The lowest BCUT2D eigenvalue weighted by atomic mass is 10.1. The molecule has 0 bridgehead atoms. The zero-order chi connectivity index (χ0) is 20.2. The monoisotopic (exact) mass is 400 g/mol. The zero-order valence-corrected chi connectivity index (χ0v) is 16.3. The highest BCUT2D eigenvalue weighted by atomic mass is 35.5. The van der Waals surface area contributed by atoms with E-state index in [1.165, 1.54) is 0 Å². The predicted molar refractivity (Wildman–Crippen MR) is 112 cm³/mol. The molecule has 2 aromatic rings. The average Bonchev–Trinajstić information content (AvgIpc) is 2.75. The van der Waals surface area contributed by atoms with Crippen molar-refractivity contribution >= 4 is 29.3 Å². The van der Waals surface area contributed by atoms with Crippen LogP contribution in [0.2, 0.25) is 0 Å². The molecule has 7 heteroatoms. The van der Waals surface area contributed by atoms with Gasteiger partial charge >= 0.3 is 0 Å². The van der Waals surface area contributed by atoms with Crippen LogP contribution in [-0.4, -0.2) is 36.1 Å². The first kappa shape index (κ1) is 21.4. The second-order valence-electron chi connectivity index (χ2n) is 6.28. The molecule has 1 atom stereocenters. The number of amidine groups is 1. The third-order valence-electron chi connectivity index (χ3n) is 4.11. The third-order valence-corrected chi connectivity index (χ3v) is 4.38. The van der Waals surface area contributed by atoms with Crippen molar-refractivity contribution in [3.05, 3.63) is 71.8 Å². The molecule has 0 aliphatic heterocycles. The largest absolute Gasteiger partial charge is 0.373 e. The maximum absolute atomic E-state index is 12.7. The SMILES string of the molecule is N=C(CCl)NCCC[C@H](NC(=O)c1ccccc1)C(=O)NCc1ccccc1. The van der Waals surface area contributed by atoms with Crippen LogP contribution in [0.15, 0.2) is 60.7 Å². The van der Waals surface area contributed by atoms with Crippen LogP contribution in [0, 0.1) is 5.41 Å². The van der Waals surface area contributed by atoms with Crippen LogP contribution < -0.4 is 16.0 Å². The van der Waals surface area contributed by atoms with Crippen molar-refractivity contribution in [3.8, 4) is 0 Å². The van der Waals surface area contributed by atoms with Crippen LogP contribution in [0.1, 0.15) is 28.8 Å². The van der Waals surface area contributed by atoms with E-state index < -0.39 is 6.04 Å². The van der Waals surface area contributed by atoms with Gasteiger partial charge in [0.25, 0.3) is 5.91 Å². The fourth-order valence-corrected chi connectivity index (χ4v) is 2.70. The Morgan fingerprint density at radius 3 is 2.25 bits per heavy atom. The maximum Gasteiger partial charge on any atom is 0.251 e. The van der Waals surface area contributed by atoms with Gasteiger partial charge in [-0.2, -0.15) is 0 Å². The number of hydrogen-bond donors (Lipinski definition) is 4. The van der Waals surface area contributed by atoms with Crippen LogP contribution in [0.5, 0.6) is 0 Å². The Kier molecular flexibility index (Phi) is 9.01. The van der Waals surface area contributed by atoms with Crippen molar-refractivity contribution in [2.24, 2.45) is 0 Å². The number of carbonyl (C=O) groups is 2. The van der Waals surface area contributed by atoms with Crippen LogP contribution >= 0.6 is 11.6 Å². The number of hydrogen-bond acceptors (Lipinski definition) is 3. The molecular weight excluding hydrogens is 376 g/mol. The third kappa shape index (κ3) is 7.40. The number of amides is 2. The molecule has 2 aromatic carbocycles. The number of benzene rings is 2.